The lowest BCUT2D eigenvalue weighted by molar-refractivity contribution is -0.123. The number of thioether (sulfide) groups is 1. The first-order valence-electron chi connectivity index (χ1n) is 11.0. The summed E-state index contributed by atoms with van der Waals surface area (Å²) in [6, 6.07) is 18.2. The van der Waals surface area contributed by atoms with E-state index >= 15 is 0 Å². The van der Waals surface area contributed by atoms with Gasteiger partial charge in [0.15, 0.2) is 11.5 Å². The van der Waals surface area contributed by atoms with Gasteiger partial charge in [-0.25, -0.2) is 0 Å². The molecule has 6 nitrogen and oxygen atoms in total. The van der Waals surface area contributed by atoms with Crippen LogP contribution in [0.15, 0.2) is 65.6 Å². The predicted molar refractivity (Wildman–Crippen MR) is 143 cm³/mol. The standard InChI is InChI=1S/C27H23Cl2NO5S/c1-17-4-3-5-20(12-17)34-11-10-30-26(31)25(36-27(30)32)15-18-7-9-23(24(14-18)33-2)35-16-19-6-8-21(28)22(29)13-19/h3-9,12-15H,10-11,16H2,1-2H3/b25-15-. The van der Waals surface area contributed by atoms with Crippen molar-refractivity contribution < 1.29 is 23.8 Å². The summed E-state index contributed by atoms with van der Waals surface area (Å²) in [4.78, 5) is 26.8. The summed E-state index contributed by atoms with van der Waals surface area (Å²) in [6.45, 7) is 2.63. The Kier molecular flexibility index (Phi) is 8.46. The van der Waals surface area contributed by atoms with E-state index < -0.39 is 0 Å². The molecule has 0 saturated carbocycles. The van der Waals surface area contributed by atoms with Crippen LogP contribution in [0.5, 0.6) is 17.2 Å². The number of nitrogens with zero attached hydrogens (tertiary/aromatic N) is 1. The molecular formula is C27H23Cl2NO5S. The van der Waals surface area contributed by atoms with Gasteiger partial charge < -0.3 is 14.2 Å². The second-order valence-electron chi connectivity index (χ2n) is 7.95. The van der Waals surface area contributed by atoms with Gasteiger partial charge in [0.2, 0.25) is 0 Å². The minimum atomic E-state index is -0.350. The second-order valence-corrected chi connectivity index (χ2v) is 9.75. The summed E-state index contributed by atoms with van der Waals surface area (Å²) in [5.41, 5.74) is 2.63. The molecule has 3 aromatic carbocycles. The van der Waals surface area contributed by atoms with Crippen molar-refractivity contribution in [3.63, 3.8) is 0 Å². The highest BCUT2D eigenvalue weighted by molar-refractivity contribution is 8.18. The Morgan fingerprint density at radius 2 is 1.78 bits per heavy atom. The molecule has 1 heterocycles. The van der Waals surface area contributed by atoms with Crippen LogP contribution in [-0.2, 0) is 11.4 Å². The zero-order chi connectivity index (χ0) is 25.7. The molecule has 36 heavy (non-hydrogen) atoms. The minimum absolute atomic E-state index is 0.167. The number of methoxy groups -OCH3 is 1. The van der Waals surface area contributed by atoms with Crippen molar-refractivity contribution in [3.05, 3.63) is 92.3 Å². The topological polar surface area (TPSA) is 65.1 Å². The highest BCUT2D eigenvalue weighted by Gasteiger charge is 2.34. The third-order valence-electron chi connectivity index (χ3n) is 5.31. The fourth-order valence-electron chi connectivity index (χ4n) is 3.49. The molecule has 0 aromatic heterocycles. The molecule has 9 heteroatoms. The summed E-state index contributed by atoms with van der Waals surface area (Å²) in [7, 11) is 1.53. The molecule has 1 aliphatic heterocycles. The van der Waals surface area contributed by atoms with Crippen molar-refractivity contribution in [1.82, 2.24) is 4.90 Å². The maximum absolute atomic E-state index is 12.8. The molecule has 0 N–H and O–H groups in total. The normalized spacial score (nSPS) is 14.4. The number of halogens is 2. The van der Waals surface area contributed by atoms with E-state index in [1.165, 1.54) is 12.0 Å². The third-order valence-corrected chi connectivity index (χ3v) is 6.96. The molecule has 4 rings (SSSR count). The van der Waals surface area contributed by atoms with E-state index in [-0.39, 0.29) is 30.9 Å². The Bertz CT molecular complexity index is 1330. The van der Waals surface area contributed by atoms with Crippen LogP contribution in [-0.4, -0.2) is 36.3 Å². The number of hydrogen-bond acceptors (Lipinski definition) is 6. The average Bonchev–Trinajstić information content (AvgIpc) is 3.12. The van der Waals surface area contributed by atoms with Crippen molar-refractivity contribution in [2.75, 3.05) is 20.3 Å². The first-order chi connectivity index (χ1) is 17.3. The Morgan fingerprint density at radius 3 is 2.53 bits per heavy atom. The molecule has 0 radical (unpaired) electrons. The molecule has 3 aromatic rings. The smallest absolute Gasteiger partial charge is 0.293 e. The highest BCUT2D eigenvalue weighted by atomic mass is 35.5. The van der Waals surface area contributed by atoms with Crippen molar-refractivity contribution >= 4 is 52.2 Å². The van der Waals surface area contributed by atoms with Gasteiger partial charge in [-0.2, -0.15) is 0 Å². The van der Waals surface area contributed by atoms with Crippen molar-refractivity contribution in [2.45, 2.75) is 13.5 Å². The number of imide groups is 1. The quantitative estimate of drug-likeness (QED) is 0.270. The summed E-state index contributed by atoms with van der Waals surface area (Å²) >= 11 is 12.9. The van der Waals surface area contributed by atoms with Crippen molar-refractivity contribution in [3.8, 4) is 17.2 Å². The zero-order valence-electron chi connectivity index (χ0n) is 19.6. The molecule has 0 unspecified atom stereocenters. The van der Waals surface area contributed by atoms with Crippen LogP contribution in [0.1, 0.15) is 16.7 Å². The average molecular weight is 544 g/mol. The van der Waals surface area contributed by atoms with E-state index in [0.29, 0.717) is 37.8 Å². The van der Waals surface area contributed by atoms with Gasteiger partial charge in [-0.05, 0) is 77.9 Å². The van der Waals surface area contributed by atoms with E-state index in [0.717, 1.165) is 22.9 Å². The maximum Gasteiger partial charge on any atom is 0.293 e. The molecule has 1 saturated heterocycles. The summed E-state index contributed by atoms with van der Waals surface area (Å²) in [5, 5.41) is 0.606. The molecule has 1 fully saturated rings. The maximum atomic E-state index is 12.8. The zero-order valence-corrected chi connectivity index (χ0v) is 22.0. The first-order valence-corrected chi connectivity index (χ1v) is 12.6. The number of carbonyl (C=O) groups is 2. The van der Waals surface area contributed by atoms with Crippen molar-refractivity contribution in [1.29, 1.82) is 0 Å². The van der Waals surface area contributed by atoms with E-state index in [9.17, 15) is 9.59 Å². The van der Waals surface area contributed by atoms with Gasteiger partial charge >= 0.3 is 0 Å². The Morgan fingerprint density at radius 1 is 0.944 bits per heavy atom. The number of rotatable bonds is 9. The predicted octanol–water partition coefficient (Wildman–Crippen LogP) is 7.00. The Labute approximate surface area is 223 Å². The Balaban J connectivity index is 1.40. The lowest BCUT2D eigenvalue weighted by Crippen LogP contribution is -2.32. The van der Waals surface area contributed by atoms with Gasteiger partial charge in [0, 0.05) is 0 Å². The number of hydrogen-bond donors (Lipinski definition) is 0. The van der Waals surface area contributed by atoms with E-state index in [1.54, 1.807) is 36.4 Å². The summed E-state index contributed by atoms with van der Waals surface area (Å²) in [6.07, 6.45) is 1.66. The van der Waals surface area contributed by atoms with E-state index in [2.05, 4.69) is 0 Å². The van der Waals surface area contributed by atoms with Crippen LogP contribution >= 0.6 is 35.0 Å². The minimum Gasteiger partial charge on any atom is -0.493 e. The number of carbonyl (C=O) groups excluding carboxylic acids is 2. The number of aryl methyl sites for hydroxylation is 1. The first kappa shape index (κ1) is 25.9. The third kappa shape index (κ3) is 6.35. The van der Waals surface area contributed by atoms with Crippen LogP contribution < -0.4 is 14.2 Å². The van der Waals surface area contributed by atoms with Gasteiger partial charge in [-0.1, -0.05) is 47.5 Å². The fraction of sp³-hybridized carbons (Fsp3) is 0.185. The van der Waals surface area contributed by atoms with Gasteiger partial charge in [0.05, 0.1) is 28.6 Å². The SMILES string of the molecule is COc1cc(/C=C2\SC(=O)N(CCOc3cccc(C)c3)C2=O)ccc1OCc1ccc(Cl)c(Cl)c1. The van der Waals surface area contributed by atoms with Gasteiger partial charge in [0.1, 0.15) is 19.0 Å². The van der Waals surface area contributed by atoms with Gasteiger partial charge in [0.25, 0.3) is 11.1 Å². The lowest BCUT2D eigenvalue weighted by Gasteiger charge is -2.13. The van der Waals surface area contributed by atoms with Crippen molar-refractivity contribution in [2.24, 2.45) is 0 Å². The molecule has 0 spiro atoms. The van der Waals surface area contributed by atoms with Crippen LogP contribution in [0.2, 0.25) is 10.0 Å². The number of amides is 2. The van der Waals surface area contributed by atoms with Crippen LogP contribution in [0.3, 0.4) is 0 Å². The number of benzene rings is 3. The molecule has 0 bridgehead atoms. The van der Waals surface area contributed by atoms with E-state index in [4.69, 9.17) is 37.4 Å². The molecule has 186 valence electrons. The van der Waals surface area contributed by atoms with Gasteiger partial charge in [-0.3, -0.25) is 14.5 Å². The second kappa shape index (κ2) is 11.7. The molecule has 0 atom stereocenters. The van der Waals surface area contributed by atoms with E-state index in [1.807, 2.05) is 37.3 Å². The summed E-state index contributed by atoms with van der Waals surface area (Å²) in [5.74, 6) is 1.37. The number of ether oxygens (including phenoxy) is 3. The lowest BCUT2D eigenvalue weighted by atomic mass is 10.1. The molecule has 0 aliphatic carbocycles. The molecule has 2 amide bonds. The fourth-order valence-corrected chi connectivity index (χ4v) is 4.67. The van der Waals surface area contributed by atoms with Crippen LogP contribution in [0.25, 0.3) is 6.08 Å². The summed E-state index contributed by atoms with van der Waals surface area (Å²) < 4.78 is 17.0. The highest BCUT2D eigenvalue weighted by Crippen LogP contribution is 2.35. The van der Waals surface area contributed by atoms with Crippen LogP contribution in [0, 0.1) is 6.92 Å². The largest absolute Gasteiger partial charge is 0.493 e. The molecular weight excluding hydrogens is 521 g/mol. The monoisotopic (exact) mass is 543 g/mol. The van der Waals surface area contributed by atoms with Crippen LogP contribution in [0.4, 0.5) is 4.79 Å². The van der Waals surface area contributed by atoms with Gasteiger partial charge in [-0.15, -0.1) is 0 Å². The molecule has 1 aliphatic rings. The Hall–Kier alpha value is -3.13.